The van der Waals surface area contributed by atoms with Gasteiger partial charge in [0.2, 0.25) is 5.91 Å². The Morgan fingerprint density at radius 3 is 2.63 bits per heavy atom. The lowest BCUT2D eigenvalue weighted by molar-refractivity contribution is -0.134. The van der Waals surface area contributed by atoms with E-state index in [2.05, 4.69) is 32.1 Å². The third kappa shape index (κ3) is 3.24. The molecule has 0 radical (unpaired) electrons. The maximum absolute atomic E-state index is 12.4. The molecule has 2 atom stereocenters. The van der Waals surface area contributed by atoms with Crippen molar-refractivity contribution >= 4 is 5.91 Å². The molecule has 0 bridgehead atoms. The van der Waals surface area contributed by atoms with Gasteiger partial charge in [-0.05, 0) is 17.9 Å². The standard InChI is InChI=1S/C16H22N2O/c1-12(2)11-18-15(13-7-4-3-5-8-13)10-6-9-14(17)16(18)19/h3-8,10,12,14-15H,9,11,17H2,1-2H3. The average molecular weight is 258 g/mol. The summed E-state index contributed by atoms with van der Waals surface area (Å²) >= 11 is 0. The molecule has 0 fully saturated rings. The van der Waals surface area contributed by atoms with Gasteiger partial charge in [-0.2, -0.15) is 0 Å². The largest absolute Gasteiger partial charge is 0.331 e. The Morgan fingerprint density at radius 1 is 1.32 bits per heavy atom. The predicted octanol–water partition coefficient (Wildman–Crippen LogP) is 2.50. The summed E-state index contributed by atoms with van der Waals surface area (Å²) in [6.45, 7) is 4.97. The Morgan fingerprint density at radius 2 is 2.00 bits per heavy atom. The molecule has 0 spiro atoms. The zero-order valence-electron chi connectivity index (χ0n) is 11.6. The molecule has 0 saturated carbocycles. The first-order chi connectivity index (χ1) is 9.09. The van der Waals surface area contributed by atoms with E-state index in [-0.39, 0.29) is 11.9 Å². The van der Waals surface area contributed by atoms with Crippen LogP contribution in [0.1, 0.15) is 31.9 Å². The third-order valence-corrected chi connectivity index (χ3v) is 3.35. The molecule has 0 aromatic heterocycles. The van der Waals surface area contributed by atoms with Crippen molar-refractivity contribution in [3.63, 3.8) is 0 Å². The van der Waals surface area contributed by atoms with E-state index in [1.54, 1.807) is 0 Å². The van der Waals surface area contributed by atoms with Crippen molar-refractivity contribution in [3.8, 4) is 0 Å². The molecule has 3 heteroatoms. The molecule has 3 nitrogen and oxygen atoms in total. The Hall–Kier alpha value is -1.61. The molecular weight excluding hydrogens is 236 g/mol. The lowest BCUT2D eigenvalue weighted by atomic mass is 10.0. The minimum absolute atomic E-state index is 0.00431. The third-order valence-electron chi connectivity index (χ3n) is 3.35. The summed E-state index contributed by atoms with van der Waals surface area (Å²) in [4.78, 5) is 14.3. The van der Waals surface area contributed by atoms with Crippen LogP contribution in [0.15, 0.2) is 42.5 Å². The summed E-state index contributed by atoms with van der Waals surface area (Å²) in [6.07, 6.45) is 4.75. The molecule has 1 aromatic rings. The van der Waals surface area contributed by atoms with Gasteiger partial charge in [0.05, 0.1) is 12.1 Å². The smallest absolute Gasteiger partial charge is 0.240 e. The molecule has 0 saturated heterocycles. The van der Waals surface area contributed by atoms with Crippen LogP contribution in [0.4, 0.5) is 0 Å². The van der Waals surface area contributed by atoms with Crippen molar-refractivity contribution in [1.82, 2.24) is 4.90 Å². The number of amides is 1. The molecule has 1 heterocycles. The van der Waals surface area contributed by atoms with Gasteiger partial charge in [0.1, 0.15) is 0 Å². The highest BCUT2D eigenvalue weighted by atomic mass is 16.2. The van der Waals surface area contributed by atoms with Crippen LogP contribution >= 0.6 is 0 Å². The number of hydrogen-bond acceptors (Lipinski definition) is 2. The number of rotatable bonds is 3. The van der Waals surface area contributed by atoms with E-state index in [9.17, 15) is 4.79 Å². The number of carbonyl (C=O) groups is 1. The maximum atomic E-state index is 12.4. The summed E-state index contributed by atoms with van der Waals surface area (Å²) in [7, 11) is 0. The van der Waals surface area contributed by atoms with Gasteiger partial charge in [-0.25, -0.2) is 0 Å². The highest BCUT2D eigenvalue weighted by Gasteiger charge is 2.29. The number of nitrogens with two attached hydrogens (primary N) is 1. The zero-order chi connectivity index (χ0) is 13.8. The summed E-state index contributed by atoms with van der Waals surface area (Å²) in [6, 6.07) is 9.72. The van der Waals surface area contributed by atoms with Crippen molar-refractivity contribution in [2.75, 3.05) is 6.54 Å². The van der Waals surface area contributed by atoms with E-state index in [0.717, 1.165) is 12.1 Å². The van der Waals surface area contributed by atoms with Gasteiger partial charge in [0.25, 0.3) is 0 Å². The van der Waals surface area contributed by atoms with Gasteiger partial charge in [-0.3, -0.25) is 4.79 Å². The molecule has 19 heavy (non-hydrogen) atoms. The summed E-state index contributed by atoms with van der Waals surface area (Å²) < 4.78 is 0. The molecule has 1 aliphatic rings. The molecule has 2 rings (SSSR count). The van der Waals surface area contributed by atoms with Gasteiger partial charge in [0, 0.05) is 6.54 Å². The molecular formula is C16H22N2O. The molecule has 0 aliphatic carbocycles. The van der Waals surface area contributed by atoms with E-state index in [4.69, 9.17) is 5.73 Å². The SMILES string of the molecule is CC(C)CN1C(=O)C(N)CC=CC1c1ccccc1. The first-order valence-corrected chi connectivity index (χ1v) is 6.87. The van der Waals surface area contributed by atoms with E-state index in [1.807, 2.05) is 29.2 Å². The lowest BCUT2D eigenvalue weighted by Gasteiger charge is -2.32. The Labute approximate surface area is 115 Å². The van der Waals surface area contributed by atoms with Gasteiger partial charge in [0.15, 0.2) is 0 Å². The van der Waals surface area contributed by atoms with Crippen molar-refractivity contribution in [2.45, 2.75) is 32.4 Å². The monoisotopic (exact) mass is 258 g/mol. The highest BCUT2D eigenvalue weighted by molar-refractivity contribution is 5.83. The van der Waals surface area contributed by atoms with E-state index in [0.29, 0.717) is 12.3 Å². The first kappa shape index (κ1) is 13.8. The van der Waals surface area contributed by atoms with E-state index >= 15 is 0 Å². The minimum Gasteiger partial charge on any atom is -0.331 e. The van der Waals surface area contributed by atoms with E-state index < -0.39 is 6.04 Å². The van der Waals surface area contributed by atoms with Crippen molar-refractivity contribution in [2.24, 2.45) is 11.7 Å². The number of nitrogens with zero attached hydrogens (tertiary/aromatic N) is 1. The Bertz CT molecular complexity index is 453. The molecule has 1 aliphatic heterocycles. The van der Waals surface area contributed by atoms with Gasteiger partial charge in [-0.15, -0.1) is 0 Å². The quantitative estimate of drug-likeness (QED) is 0.847. The fourth-order valence-corrected chi connectivity index (χ4v) is 2.45. The second-order valence-corrected chi connectivity index (χ2v) is 5.51. The van der Waals surface area contributed by atoms with Crippen LogP contribution in [0.5, 0.6) is 0 Å². The van der Waals surface area contributed by atoms with Gasteiger partial charge in [-0.1, -0.05) is 56.3 Å². The highest BCUT2D eigenvalue weighted by Crippen LogP contribution is 2.26. The summed E-state index contributed by atoms with van der Waals surface area (Å²) in [5.41, 5.74) is 7.08. The van der Waals surface area contributed by atoms with Crippen LogP contribution in [0.2, 0.25) is 0 Å². The topological polar surface area (TPSA) is 46.3 Å². The van der Waals surface area contributed by atoms with Gasteiger partial charge >= 0.3 is 0 Å². The first-order valence-electron chi connectivity index (χ1n) is 6.87. The van der Waals surface area contributed by atoms with Crippen LogP contribution < -0.4 is 5.73 Å². The minimum atomic E-state index is -0.413. The molecule has 102 valence electrons. The molecule has 1 amide bonds. The van der Waals surface area contributed by atoms with Gasteiger partial charge < -0.3 is 10.6 Å². The number of carbonyl (C=O) groups excluding carboxylic acids is 1. The van der Waals surface area contributed by atoms with E-state index in [1.165, 1.54) is 0 Å². The lowest BCUT2D eigenvalue weighted by Crippen LogP contribution is -2.45. The predicted molar refractivity (Wildman–Crippen MR) is 77.5 cm³/mol. The summed E-state index contributed by atoms with van der Waals surface area (Å²) in [5.74, 6) is 0.474. The Kier molecular flexibility index (Phi) is 4.38. The second-order valence-electron chi connectivity index (χ2n) is 5.51. The van der Waals surface area contributed by atoms with Crippen molar-refractivity contribution in [3.05, 3.63) is 48.0 Å². The number of benzene rings is 1. The van der Waals surface area contributed by atoms with Crippen LogP contribution in [0, 0.1) is 5.92 Å². The molecule has 1 aromatic carbocycles. The normalized spacial score (nSPS) is 23.8. The van der Waals surface area contributed by atoms with Crippen molar-refractivity contribution in [1.29, 1.82) is 0 Å². The fourth-order valence-electron chi connectivity index (χ4n) is 2.45. The van der Waals surface area contributed by atoms with Crippen LogP contribution in [-0.4, -0.2) is 23.4 Å². The fraction of sp³-hybridized carbons (Fsp3) is 0.438. The van der Waals surface area contributed by atoms with Crippen molar-refractivity contribution < 1.29 is 4.79 Å². The summed E-state index contributed by atoms with van der Waals surface area (Å²) in [5, 5.41) is 0. The van der Waals surface area contributed by atoms with Crippen LogP contribution in [0.25, 0.3) is 0 Å². The average Bonchev–Trinajstić information content (AvgIpc) is 2.53. The second kappa shape index (κ2) is 6.02. The molecule has 2 N–H and O–H groups in total. The zero-order valence-corrected chi connectivity index (χ0v) is 11.6. The number of hydrogen-bond donors (Lipinski definition) is 1. The Balaban J connectivity index is 2.34. The van der Waals surface area contributed by atoms with Crippen LogP contribution in [0.3, 0.4) is 0 Å². The van der Waals surface area contributed by atoms with Crippen LogP contribution in [-0.2, 0) is 4.79 Å². The maximum Gasteiger partial charge on any atom is 0.240 e. The molecule has 2 unspecified atom stereocenters.